The van der Waals surface area contributed by atoms with Gasteiger partial charge in [0, 0.05) is 6.42 Å². The number of benzene rings is 1. The molecule has 1 aromatic carbocycles. The fraction of sp³-hybridized carbons (Fsp3) is 0.556. The number of nitrogens with zero attached hydrogens (tertiary/aromatic N) is 1. The summed E-state index contributed by atoms with van der Waals surface area (Å²) in [5, 5.41) is 8.96. The Labute approximate surface area is 138 Å². The van der Waals surface area contributed by atoms with E-state index in [1.54, 1.807) is 0 Å². The maximum atomic E-state index is 12.2. The summed E-state index contributed by atoms with van der Waals surface area (Å²) in [6.45, 7) is 2.45. The Morgan fingerprint density at radius 1 is 1.09 bits per heavy atom. The van der Waals surface area contributed by atoms with Crippen molar-refractivity contribution in [1.82, 2.24) is 4.90 Å². The monoisotopic (exact) mass is 321 g/mol. The number of ether oxygens (including phenoxy) is 1. The number of rotatable bonds is 12. The van der Waals surface area contributed by atoms with E-state index in [0.717, 1.165) is 31.4 Å². The predicted octanol–water partition coefficient (Wildman–Crippen LogP) is 3.34. The summed E-state index contributed by atoms with van der Waals surface area (Å²) in [4.78, 5) is 24.5. The number of carbonyl (C=O) groups excluding carboxylic acids is 1. The Kier molecular flexibility index (Phi) is 9.52. The SMILES string of the molecule is CCCCCCCC(=O)N(CCOc1ccccc1)CC(=O)O. The Hall–Kier alpha value is -2.04. The first-order chi connectivity index (χ1) is 11.1. The number of hydrogen-bond donors (Lipinski definition) is 1. The van der Waals surface area contributed by atoms with E-state index in [1.165, 1.54) is 11.3 Å². The molecule has 5 nitrogen and oxygen atoms in total. The fourth-order valence-electron chi connectivity index (χ4n) is 2.28. The Morgan fingerprint density at radius 2 is 1.78 bits per heavy atom. The van der Waals surface area contributed by atoms with Crippen LogP contribution in [-0.2, 0) is 9.59 Å². The van der Waals surface area contributed by atoms with Crippen LogP contribution in [-0.4, -0.2) is 41.6 Å². The predicted molar refractivity (Wildman–Crippen MR) is 89.5 cm³/mol. The van der Waals surface area contributed by atoms with Gasteiger partial charge in [0.05, 0.1) is 6.54 Å². The number of hydrogen-bond acceptors (Lipinski definition) is 3. The van der Waals surface area contributed by atoms with Gasteiger partial charge >= 0.3 is 5.97 Å². The molecule has 0 atom stereocenters. The maximum absolute atomic E-state index is 12.2. The smallest absolute Gasteiger partial charge is 0.323 e. The first-order valence-electron chi connectivity index (χ1n) is 8.31. The zero-order valence-electron chi connectivity index (χ0n) is 13.9. The Bertz CT molecular complexity index is 461. The lowest BCUT2D eigenvalue weighted by Gasteiger charge is -2.21. The fourth-order valence-corrected chi connectivity index (χ4v) is 2.28. The molecule has 1 N–H and O–H groups in total. The molecule has 0 radical (unpaired) electrons. The van der Waals surface area contributed by atoms with E-state index in [1.807, 2.05) is 30.3 Å². The van der Waals surface area contributed by atoms with Gasteiger partial charge in [-0.3, -0.25) is 9.59 Å². The minimum atomic E-state index is -0.996. The highest BCUT2D eigenvalue weighted by Crippen LogP contribution is 2.09. The molecule has 0 heterocycles. The van der Waals surface area contributed by atoms with Crippen molar-refractivity contribution in [2.75, 3.05) is 19.7 Å². The van der Waals surface area contributed by atoms with Crippen LogP contribution < -0.4 is 4.74 Å². The average molecular weight is 321 g/mol. The molecule has 0 fully saturated rings. The van der Waals surface area contributed by atoms with Gasteiger partial charge in [0.2, 0.25) is 5.91 Å². The first-order valence-corrected chi connectivity index (χ1v) is 8.31. The molecule has 1 amide bonds. The number of carboxylic acids is 1. The van der Waals surface area contributed by atoms with E-state index in [0.29, 0.717) is 13.0 Å². The highest BCUT2D eigenvalue weighted by Gasteiger charge is 2.16. The Morgan fingerprint density at radius 3 is 2.43 bits per heavy atom. The summed E-state index contributed by atoms with van der Waals surface area (Å²) in [5.74, 6) is -0.389. The number of para-hydroxylation sites is 1. The summed E-state index contributed by atoms with van der Waals surface area (Å²) in [7, 11) is 0. The Balaban J connectivity index is 2.35. The molecule has 0 saturated carbocycles. The lowest BCUT2D eigenvalue weighted by molar-refractivity contribution is -0.144. The van der Waals surface area contributed by atoms with Gasteiger partial charge in [-0.1, -0.05) is 50.8 Å². The van der Waals surface area contributed by atoms with Crippen LogP contribution in [0.25, 0.3) is 0 Å². The van der Waals surface area contributed by atoms with Crippen LogP contribution in [0, 0.1) is 0 Å². The minimum absolute atomic E-state index is 0.111. The molecule has 0 aliphatic rings. The van der Waals surface area contributed by atoms with Crippen molar-refractivity contribution in [3.63, 3.8) is 0 Å². The third-order valence-corrected chi connectivity index (χ3v) is 3.55. The second kappa shape index (κ2) is 11.5. The van der Waals surface area contributed by atoms with Crippen LogP contribution in [0.5, 0.6) is 5.75 Å². The van der Waals surface area contributed by atoms with Crippen molar-refractivity contribution < 1.29 is 19.4 Å². The van der Waals surface area contributed by atoms with Gasteiger partial charge in [0.15, 0.2) is 0 Å². The van der Waals surface area contributed by atoms with E-state index in [-0.39, 0.29) is 19.0 Å². The van der Waals surface area contributed by atoms with E-state index < -0.39 is 5.97 Å². The van der Waals surface area contributed by atoms with E-state index >= 15 is 0 Å². The molecule has 0 unspecified atom stereocenters. The maximum Gasteiger partial charge on any atom is 0.323 e. The lowest BCUT2D eigenvalue weighted by atomic mass is 10.1. The molecule has 0 aliphatic carbocycles. The van der Waals surface area contributed by atoms with Gasteiger partial charge in [-0.15, -0.1) is 0 Å². The van der Waals surface area contributed by atoms with Crippen LogP contribution in [0.4, 0.5) is 0 Å². The normalized spacial score (nSPS) is 10.3. The number of carboxylic acid groups (broad SMARTS) is 1. The first kappa shape index (κ1) is 19.0. The standard InChI is InChI=1S/C18H27NO4/c1-2-3-4-5-9-12-17(20)19(15-18(21)22)13-14-23-16-10-7-6-8-11-16/h6-8,10-11H,2-5,9,12-15H2,1H3,(H,21,22). The van der Waals surface area contributed by atoms with Gasteiger partial charge in [0.25, 0.3) is 0 Å². The van der Waals surface area contributed by atoms with Crippen molar-refractivity contribution >= 4 is 11.9 Å². The van der Waals surface area contributed by atoms with Gasteiger partial charge < -0.3 is 14.7 Å². The minimum Gasteiger partial charge on any atom is -0.492 e. The van der Waals surface area contributed by atoms with Crippen LogP contribution >= 0.6 is 0 Å². The topological polar surface area (TPSA) is 66.8 Å². The summed E-state index contributed by atoms with van der Waals surface area (Å²) in [5.41, 5.74) is 0. The molecule has 0 aromatic heterocycles. The van der Waals surface area contributed by atoms with Crippen LogP contribution in [0.3, 0.4) is 0 Å². The quantitative estimate of drug-likeness (QED) is 0.600. The number of aliphatic carboxylic acids is 1. The van der Waals surface area contributed by atoms with E-state index in [9.17, 15) is 9.59 Å². The number of amides is 1. The summed E-state index contributed by atoms with van der Waals surface area (Å²) in [6.07, 6.45) is 5.70. The average Bonchev–Trinajstić information content (AvgIpc) is 2.54. The van der Waals surface area contributed by atoms with Crippen molar-refractivity contribution in [1.29, 1.82) is 0 Å². The molecule has 0 spiro atoms. The molecule has 5 heteroatoms. The second-order valence-corrected chi connectivity index (χ2v) is 5.53. The second-order valence-electron chi connectivity index (χ2n) is 5.53. The highest BCUT2D eigenvalue weighted by molar-refractivity contribution is 5.81. The van der Waals surface area contributed by atoms with Crippen LogP contribution in [0.15, 0.2) is 30.3 Å². The van der Waals surface area contributed by atoms with Crippen LogP contribution in [0.1, 0.15) is 45.4 Å². The molecular formula is C18H27NO4. The molecule has 0 aliphatic heterocycles. The van der Waals surface area contributed by atoms with E-state index in [2.05, 4.69) is 6.92 Å². The number of unbranched alkanes of at least 4 members (excludes halogenated alkanes) is 4. The zero-order valence-corrected chi connectivity index (χ0v) is 13.9. The third kappa shape index (κ3) is 8.86. The highest BCUT2D eigenvalue weighted by atomic mass is 16.5. The van der Waals surface area contributed by atoms with Crippen molar-refractivity contribution in [3.05, 3.63) is 30.3 Å². The molecule has 1 rings (SSSR count). The lowest BCUT2D eigenvalue weighted by Crippen LogP contribution is -2.38. The molecule has 23 heavy (non-hydrogen) atoms. The summed E-state index contributed by atoms with van der Waals surface area (Å²) in [6, 6.07) is 9.29. The van der Waals surface area contributed by atoms with Gasteiger partial charge in [-0.25, -0.2) is 0 Å². The van der Waals surface area contributed by atoms with Gasteiger partial charge in [0.1, 0.15) is 18.9 Å². The van der Waals surface area contributed by atoms with Crippen molar-refractivity contribution in [3.8, 4) is 5.75 Å². The van der Waals surface area contributed by atoms with Gasteiger partial charge in [-0.2, -0.15) is 0 Å². The zero-order chi connectivity index (χ0) is 16.9. The van der Waals surface area contributed by atoms with Crippen LogP contribution in [0.2, 0.25) is 0 Å². The molecular weight excluding hydrogens is 294 g/mol. The summed E-state index contributed by atoms with van der Waals surface area (Å²) < 4.78 is 5.54. The molecule has 128 valence electrons. The third-order valence-electron chi connectivity index (χ3n) is 3.55. The molecule has 1 aromatic rings. The largest absolute Gasteiger partial charge is 0.492 e. The molecule has 0 saturated heterocycles. The van der Waals surface area contributed by atoms with Crippen molar-refractivity contribution in [2.45, 2.75) is 45.4 Å². The summed E-state index contributed by atoms with van der Waals surface area (Å²) >= 11 is 0. The molecule has 0 bridgehead atoms. The number of carbonyl (C=O) groups is 2. The van der Waals surface area contributed by atoms with Crippen molar-refractivity contribution in [2.24, 2.45) is 0 Å². The van der Waals surface area contributed by atoms with E-state index in [4.69, 9.17) is 9.84 Å². The van der Waals surface area contributed by atoms with Gasteiger partial charge in [-0.05, 0) is 18.6 Å².